The molecule has 1 aliphatic carbocycles. The third-order valence-electron chi connectivity index (χ3n) is 7.33. The van der Waals surface area contributed by atoms with Crippen molar-refractivity contribution in [2.24, 2.45) is 5.41 Å². The number of hydrogen-bond donors (Lipinski definition) is 1. The Morgan fingerprint density at radius 2 is 2.15 bits per heavy atom. The van der Waals surface area contributed by atoms with Gasteiger partial charge in [-0.25, -0.2) is 0 Å². The zero-order valence-electron chi connectivity index (χ0n) is 17.4. The molecule has 4 atom stereocenters. The van der Waals surface area contributed by atoms with Gasteiger partial charge in [-0.05, 0) is 45.7 Å². The van der Waals surface area contributed by atoms with Crippen LogP contribution in [-0.2, 0) is 11.3 Å². The summed E-state index contributed by atoms with van der Waals surface area (Å²) in [6.07, 6.45) is 10.3. The molecule has 1 amide bonds. The normalized spacial score (nSPS) is 34.3. The molecular weight excluding hydrogens is 340 g/mol. The summed E-state index contributed by atoms with van der Waals surface area (Å²) >= 11 is 0. The number of rotatable bonds is 6. The second kappa shape index (κ2) is 7.92. The van der Waals surface area contributed by atoms with Gasteiger partial charge in [0.15, 0.2) is 0 Å². The maximum absolute atomic E-state index is 12.6. The van der Waals surface area contributed by atoms with Gasteiger partial charge in [0, 0.05) is 56.5 Å². The monoisotopic (exact) mass is 376 g/mol. The van der Waals surface area contributed by atoms with Crippen LogP contribution in [0.4, 0.5) is 0 Å². The predicted octanol–water partition coefficient (Wildman–Crippen LogP) is 2.53. The second-order valence-corrected chi connectivity index (χ2v) is 9.12. The molecule has 6 nitrogen and oxygen atoms in total. The molecule has 2 aliphatic rings. The van der Waals surface area contributed by atoms with Crippen LogP contribution in [0, 0.1) is 5.41 Å². The van der Waals surface area contributed by atoms with E-state index in [4.69, 9.17) is 0 Å². The third kappa shape index (κ3) is 4.06. The fourth-order valence-electron chi connectivity index (χ4n) is 5.29. The third-order valence-corrected chi connectivity index (χ3v) is 7.33. The summed E-state index contributed by atoms with van der Waals surface area (Å²) in [7, 11) is 4.09. The number of aliphatic hydroxyl groups is 1. The molecule has 2 heterocycles. The largest absolute Gasteiger partial charge is 0.390 e. The fourth-order valence-corrected chi connectivity index (χ4v) is 5.29. The number of fused-ring (bicyclic) bond motifs is 1. The van der Waals surface area contributed by atoms with Gasteiger partial charge in [0.25, 0.3) is 0 Å². The van der Waals surface area contributed by atoms with E-state index >= 15 is 0 Å². The lowest BCUT2D eigenvalue weighted by Gasteiger charge is -2.43. The van der Waals surface area contributed by atoms with Crippen LogP contribution in [0.15, 0.2) is 18.5 Å². The van der Waals surface area contributed by atoms with Crippen LogP contribution in [0.3, 0.4) is 0 Å². The van der Waals surface area contributed by atoms with Crippen molar-refractivity contribution in [2.75, 3.05) is 20.6 Å². The molecule has 0 spiro atoms. The number of amides is 1. The van der Waals surface area contributed by atoms with Crippen molar-refractivity contribution in [3.05, 3.63) is 18.5 Å². The summed E-state index contributed by atoms with van der Waals surface area (Å²) < 4.78 is 1.87. The molecule has 1 saturated heterocycles. The van der Waals surface area contributed by atoms with Gasteiger partial charge < -0.3 is 10.0 Å². The highest BCUT2D eigenvalue weighted by molar-refractivity contribution is 5.75. The minimum atomic E-state index is -0.635. The Kier molecular flexibility index (Phi) is 5.96. The Morgan fingerprint density at radius 1 is 1.37 bits per heavy atom. The molecule has 1 aromatic rings. The summed E-state index contributed by atoms with van der Waals surface area (Å²) in [6.45, 7) is 5.79. The predicted molar refractivity (Wildman–Crippen MR) is 106 cm³/mol. The first-order chi connectivity index (χ1) is 12.7. The van der Waals surface area contributed by atoms with Gasteiger partial charge in [0.1, 0.15) is 0 Å². The number of aromatic nitrogens is 2. The van der Waals surface area contributed by atoms with Gasteiger partial charge in [0.2, 0.25) is 5.91 Å². The Hall–Kier alpha value is -1.40. The van der Waals surface area contributed by atoms with Gasteiger partial charge in [-0.2, -0.15) is 5.10 Å². The van der Waals surface area contributed by atoms with Gasteiger partial charge in [-0.3, -0.25) is 14.4 Å². The fraction of sp³-hybridized carbons (Fsp3) is 0.810. The molecule has 1 aromatic heterocycles. The highest BCUT2D eigenvalue weighted by atomic mass is 16.3. The Bertz CT molecular complexity index is 630. The van der Waals surface area contributed by atoms with Crippen LogP contribution < -0.4 is 0 Å². The van der Waals surface area contributed by atoms with E-state index in [-0.39, 0.29) is 11.3 Å². The molecule has 6 heteroatoms. The number of likely N-dealkylation sites (tertiary alicyclic amines) is 1. The molecule has 0 unspecified atom stereocenters. The van der Waals surface area contributed by atoms with Crippen LogP contribution in [0.1, 0.15) is 58.8 Å². The van der Waals surface area contributed by atoms with Crippen molar-refractivity contribution in [2.45, 2.75) is 83.0 Å². The smallest absolute Gasteiger partial charge is 0.222 e. The molecule has 3 rings (SSSR count). The van der Waals surface area contributed by atoms with E-state index < -0.39 is 5.60 Å². The number of nitrogens with zero attached hydrogens (tertiary/aromatic N) is 4. The lowest BCUT2D eigenvalue weighted by Crippen LogP contribution is -2.50. The number of carbonyl (C=O) groups excluding carboxylic acids is 1. The number of likely N-dealkylation sites (N-methyl/N-ethyl adjacent to an activating group) is 2. The lowest BCUT2D eigenvalue weighted by molar-refractivity contribution is -0.130. The quantitative estimate of drug-likeness (QED) is 0.829. The van der Waals surface area contributed by atoms with Crippen molar-refractivity contribution in [3.63, 3.8) is 0 Å². The van der Waals surface area contributed by atoms with Crippen LogP contribution in [0.2, 0.25) is 0 Å². The van der Waals surface area contributed by atoms with Crippen molar-refractivity contribution >= 4 is 5.91 Å². The van der Waals surface area contributed by atoms with E-state index in [1.807, 2.05) is 35.8 Å². The molecule has 0 radical (unpaired) electrons. The highest BCUT2D eigenvalue weighted by Crippen LogP contribution is 2.52. The molecule has 2 fully saturated rings. The second-order valence-electron chi connectivity index (χ2n) is 9.12. The summed E-state index contributed by atoms with van der Waals surface area (Å²) in [5.74, 6) is 0.194. The maximum atomic E-state index is 12.6. The number of carbonyl (C=O) groups is 1. The van der Waals surface area contributed by atoms with Gasteiger partial charge >= 0.3 is 0 Å². The zero-order valence-corrected chi connectivity index (χ0v) is 17.4. The topological polar surface area (TPSA) is 61.6 Å². The van der Waals surface area contributed by atoms with Crippen molar-refractivity contribution in [1.82, 2.24) is 19.6 Å². The van der Waals surface area contributed by atoms with E-state index in [1.54, 1.807) is 6.20 Å². The molecule has 152 valence electrons. The molecule has 1 saturated carbocycles. The maximum Gasteiger partial charge on any atom is 0.222 e. The first kappa shape index (κ1) is 20.3. The minimum absolute atomic E-state index is 0.104. The molecule has 0 aromatic carbocycles. The minimum Gasteiger partial charge on any atom is -0.390 e. The molecule has 0 bridgehead atoms. The Morgan fingerprint density at radius 3 is 2.85 bits per heavy atom. The Balaban J connectivity index is 1.56. The van der Waals surface area contributed by atoms with Crippen molar-refractivity contribution in [3.8, 4) is 0 Å². The van der Waals surface area contributed by atoms with Crippen molar-refractivity contribution < 1.29 is 9.90 Å². The van der Waals surface area contributed by atoms with Gasteiger partial charge in [0.05, 0.1) is 5.60 Å². The summed E-state index contributed by atoms with van der Waals surface area (Å²) in [5.41, 5.74) is -0.740. The van der Waals surface area contributed by atoms with Crippen LogP contribution in [0.5, 0.6) is 0 Å². The van der Waals surface area contributed by atoms with E-state index in [0.717, 1.165) is 45.2 Å². The van der Waals surface area contributed by atoms with Gasteiger partial charge in [-0.1, -0.05) is 19.8 Å². The molecule has 1 aliphatic heterocycles. The number of hydrogen-bond acceptors (Lipinski definition) is 4. The summed E-state index contributed by atoms with van der Waals surface area (Å²) in [4.78, 5) is 16.9. The zero-order chi connectivity index (χ0) is 19.7. The summed E-state index contributed by atoms with van der Waals surface area (Å²) in [6, 6.07) is 2.61. The van der Waals surface area contributed by atoms with E-state index in [9.17, 15) is 9.90 Å². The Labute approximate surface area is 163 Å². The highest BCUT2D eigenvalue weighted by Gasteiger charge is 2.57. The van der Waals surface area contributed by atoms with Crippen LogP contribution >= 0.6 is 0 Å². The number of aryl methyl sites for hydroxylation is 1. The average molecular weight is 377 g/mol. The lowest BCUT2D eigenvalue weighted by atomic mass is 9.67. The van der Waals surface area contributed by atoms with E-state index in [1.165, 1.54) is 6.42 Å². The van der Waals surface area contributed by atoms with Crippen LogP contribution in [0.25, 0.3) is 0 Å². The van der Waals surface area contributed by atoms with E-state index in [0.29, 0.717) is 18.5 Å². The van der Waals surface area contributed by atoms with Gasteiger partial charge in [-0.15, -0.1) is 0 Å². The van der Waals surface area contributed by atoms with E-state index in [2.05, 4.69) is 24.0 Å². The first-order valence-electron chi connectivity index (χ1n) is 10.4. The standard InChI is InChI=1S/C21H36N4O2/c1-20-15-17(24(4)18(20)9-5-6-11-21(20,2)27)16-23(3)19(26)10-7-13-25-14-8-12-22-25/h8,12,14,17-18,27H,5-7,9-11,13,15-16H2,1-4H3/t17-,18-,20-,21+/m1/s1. The van der Waals surface area contributed by atoms with Crippen LogP contribution in [-0.4, -0.2) is 68.9 Å². The average Bonchev–Trinajstić information content (AvgIpc) is 3.17. The SMILES string of the molecule is CN(C[C@H]1C[C@]2(C)[C@@H](CCCC[C@]2(C)O)N1C)C(=O)CCCn1cccn1. The first-order valence-corrected chi connectivity index (χ1v) is 10.4. The molecule has 27 heavy (non-hydrogen) atoms. The summed E-state index contributed by atoms with van der Waals surface area (Å²) in [5, 5.41) is 15.3. The molecular formula is C21H36N4O2. The molecule has 1 N–H and O–H groups in total. The van der Waals surface area contributed by atoms with Crippen molar-refractivity contribution in [1.29, 1.82) is 0 Å².